The molecule has 0 saturated carbocycles. The van der Waals surface area contributed by atoms with E-state index in [0.717, 1.165) is 6.34 Å². The van der Waals surface area contributed by atoms with Gasteiger partial charge in [-0.2, -0.15) is 0 Å². The summed E-state index contributed by atoms with van der Waals surface area (Å²) in [4.78, 5) is 24.6. The van der Waals surface area contributed by atoms with Gasteiger partial charge in [-0.05, 0) is 0 Å². The van der Waals surface area contributed by atoms with Gasteiger partial charge in [-0.25, -0.2) is 9.98 Å². The maximum atomic E-state index is 11.0. The van der Waals surface area contributed by atoms with Gasteiger partial charge >= 0.3 is 5.97 Å². The Kier molecular flexibility index (Phi) is 3.90. The number of carboxylic acid groups (broad SMARTS) is 1. The molecule has 5 atom stereocenters. The topological polar surface area (TPSA) is 174 Å². The molecule has 1 fully saturated rings. The summed E-state index contributed by atoms with van der Waals surface area (Å²) in [6, 6.07) is 0. The summed E-state index contributed by atoms with van der Waals surface area (Å²) in [7, 11) is 0. The summed E-state index contributed by atoms with van der Waals surface area (Å²) in [6.07, 6.45) is -3.79. The second-order valence-electron chi connectivity index (χ2n) is 5.54. The first kappa shape index (κ1) is 16.0. The van der Waals surface area contributed by atoms with Gasteiger partial charge in [-0.3, -0.25) is 9.79 Å². The number of aliphatic carboxylic acids is 1. The third-order valence-corrected chi connectivity index (χ3v) is 3.99. The third kappa shape index (κ3) is 2.52. The monoisotopic (exact) mass is 327 g/mol. The molecule has 0 radical (unpaired) electrons. The van der Waals surface area contributed by atoms with Crippen molar-refractivity contribution in [3.8, 4) is 0 Å². The van der Waals surface area contributed by atoms with Crippen LogP contribution in [0.4, 0.5) is 0 Å². The number of ether oxygens (including phenoxy) is 1. The zero-order valence-electron chi connectivity index (χ0n) is 12.0. The molecule has 0 aromatic rings. The van der Waals surface area contributed by atoms with Crippen molar-refractivity contribution in [2.24, 2.45) is 20.7 Å². The van der Waals surface area contributed by atoms with E-state index in [4.69, 9.17) is 20.7 Å². The fourth-order valence-corrected chi connectivity index (χ4v) is 2.83. The summed E-state index contributed by atoms with van der Waals surface area (Å²) >= 11 is 0. The Labute approximate surface area is 130 Å². The zero-order valence-corrected chi connectivity index (χ0v) is 12.0. The molecule has 0 aromatic heterocycles. The van der Waals surface area contributed by atoms with Crippen LogP contribution in [0, 0.1) is 0 Å². The van der Waals surface area contributed by atoms with Crippen molar-refractivity contribution in [3.05, 3.63) is 0 Å². The summed E-state index contributed by atoms with van der Waals surface area (Å²) < 4.78 is 5.44. The molecular formula is C12H17N5O6. The van der Waals surface area contributed by atoms with E-state index in [1.54, 1.807) is 0 Å². The van der Waals surface area contributed by atoms with Crippen LogP contribution in [0.25, 0.3) is 0 Å². The number of aliphatic hydroxyl groups excluding tert-OH is 3. The Morgan fingerprint density at radius 2 is 2.22 bits per heavy atom. The van der Waals surface area contributed by atoms with E-state index >= 15 is 0 Å². The number of aliphatic hydroxyl groups is 3. The first-order chi connectivity index (χ1) is 10.9. The second kappa shape index (κ2) is 5.62. The average Bonchev–Trinajstić information content (AvgIpc) is 3.02. The average molecular weight is 327 g/mol. The van der Waals surface area contributed by atoms with Crippen LogP contribution >= 0.6 is 0 Å². The number of hydrogen-bond donors (Lipinski definition) is 5. The van der Waals surface area contributed by atoms with E-state index in [0.29, 0.717) is 0 Å². The number of amidine groups is 1. The van der Waals surface area contributed by atoms with Crippen LogP contribution in [0.1, 0.15) is 6.42 Å². The normalized spacial score (nSPS) is 39.2. The minimum Gasteiger partial charge on any atom is -0.481 e. The van der Waals surface area contributed by atoms with Gasteiger partial charge in [0.25, 0.3) is 0 Å². The van der Waals surface area contributed by atoms with Gasteiger partial charge < -0.3 is 35.8 Å². The lowest BCUT2D eigenvalue weighted by Gasteiger charge is -2.31. The molecule has 0 aromatic carbocycles. The van der Waals surface area contributed by atoms with Crippen LogP contribution in [0.2, 0.25) is 0 Å². The van der Waals surface area contributed by atoms with Crippen molar-refractivity contribution in [2.45, 2.75) is 36.6 Å². The molecule has 3 rings (SSSR count). The third-order valence-electron chi connectivity index (χ3n) is 3.99. The number of aliphatic imine (C=N–C) groups is 3. The molecule has 3 aliphatic rings. The highest BCUT2D eigenvalue weighted by Gasteiger charge is 2.50. The van der Waals surface area contributed by atoms with E-state index in [9.17, 15) is 15.0 Å². The van der Waals surface area contributed by atoms with Crippen LogP contribution < -0.4 is 5.73 Å². The largest absolute Gasteiger partial charge is 0.481 e. The molecule has 23 heavy (non-hydrogen) atoms. The van der Waals surface area contributed by atoms with Crippen LogP contribution in [-0.2, 0) is 9.53 Å². The van der Waals surface area contributed by atoms with Crippen molar-refractivity contribution in [2.75, 3.05) is 13.3 Å². The fourth-order valence-electron chi connectivity index (χ4n) is 2.83. The van der Waals surface area contributed by atoms with Gasteiger partial charge in [0, 0.05) is 0 Å². The SMILES string of the molecule is NC1(CC(=O)O)N=CN=C2C1=NCN2[C@@H]1O[C@H](CO)[C@@H](O)[C@H]1O. The molecule has 0 aliphatic carbocycles. The van der Waals surface area contributed by atoms with Crippen LogP contribution in [0.3, 0.4) is 0 Å². The zero-order chi connectivity index (χ0) is 16.8. The van der Waals surface area contributed by atoms with Gasteiger partial charge in [-0.15, -0.1) is 0 Å². The van der Waals surface area contributed by atoms with Gasteiger partial charge in [0.05, 0.1) is 13.0 Å². The van der Waals surface area contributed by atoms with Crippen molar-refractivity contribution < 1.29 is 30.0 Å². The van der Waals surface area contributed by atoms with Crippen LogP contribution in [0.5, 0.6) is 0 Å². The summed E-state index contributed by atoms with van der Waals surface area (Å²) in [5, 5.41) is 38.1. The van der Waals surface area contributed by atoms with Crippen LogP contribution in [0.15, 0.2) is 15.0 Å². The Balaban J connectivity index is 1.84. The van der Waals surface area contributed by atoms with Gasteiger partial charge in [-0.1, -0.05) is 0 Å². The summed E-state index contributed by atoms with van der Waals surface area (Å²) in [6.45, 7) is -0.438. The minimum absolute atomic E-state index is 0.0166. The molecule has 0 bridgehead atoms. The number of carbonyl (C=O) groups is 1. The highest BCUT2D eigenvalue weighted by molar-refractivity contribution is 6.47. The molecule has 3 aliphatic heterocycles. The lowest BCUT2D eigenvalue weighted by Crippen LogP contribution is -2.56. The molecule has 1 unspecified atom stereocenters. The maximum absolute atomic E-state index is 11.0. The first-order valence-corrected chi connectivity index (χ1v) is 6.94. The van der Waals surface area contributed by atoms with E-state index in [1.165, 1.54) is 4.90 Å². The van der Waals surface area contributed by atoms with Gasteiger partial charge in [0.15, 0.2) is 17.7 Å². The number of carboxylic acids is 1. The first-order valence-electron chi connectivity index (χ1n) is 6.94. The fraction of sp³-hybridized carbons (Fsp3) is 0.667. The highest BCUT2D eigenvalue weighted by Crippen LogP contribution is 2.29. The quantitative estimate of drug-likeness (QED) is 0.357. The Hall–Kier alpha value is -1.92. The molecule has 0 spiro atoms. The van der Waals surface area contributed by atoms with E-state index in [-0.39, 0.29) is 18.2 Å². The standard InChI is InChI=1S/C12H17N5O6/c13-12(1-6(19)20)9-10(14-3-16-12)17(4-15-9)11-8(22)7(21)5(2-18)23-11/h3,5,7-8,11,18,21-22H,1-2,4,13H2,(H,19,20)/t5-,7-,8-,11-,12?/m1/s1. The van der Waals surface area contributed by atoms with Crippen molar-refractivity contribution >= 4 is 23.9 Å². The number of hydrogen-bond acceptors (Lipinski definition) is 10. The van der Waals surface area contributed by atoms with Crippen molar-refractivity contribution in [3.63, 3.8) is 0 Å². The van der Waals surface area contributed by atoms with Gasteiger partial charge in [0.1, 0.15) is 37.0 Å². The van der Waals surface area contributed by atoms with E-state index < -0.39 is 49.2 Å². The van der Waals surface area contributed by atoms with Crippen molar-refractivity contribution in [1.82, 2.24) is 4.90 Å². The summed E-state index contributed by atoms with van der Waals surface area (Å²) in [5.74, 6) is -0.904. The number of nitrogens with zero attached hydrogens (tertiary/aromatic N) is 4. The minimum atomic E-state index is -1.55. The molecule has 0 amide bonds. The Morgan fingerprint density at radius 1 is 1.48 bits per heavy atom. The van der Waals surface area contributed by atoms with Crippen molar-refractivity contribution in [1.29, 1.82) is 0 Å². The maximum Gasteiger partial charge on any atom is 0.307 e. The molecule has 1 saturated heterocycles. The molecule has 6 N–H and O–H groups in total. The van der Waals surface area contributed by atoms with E-state index in [2.05, 4.69) is 15.0 Å². The smallest absolute Gasteiger partial charge is 0.307 e. The molecule has 3 heterocycles. The molecule has 126 valence electrons. The predicted molar refractivity (Wildman–Crippen MR) is 77.0 cm³/mol. The van der Waals surface area contributed by atoms with E-state index in [1.807, 2.05) is 0 Å². The molecule has 11 heteroatoms. The number of nitrogens with two attached hydrogens (primary N) is 1. The van der Waals surface area contributed by atoms with Gasteiger partial charge in [0.2, 0.25) is 0 Å². The Morgan fingerprint density at radius 3 is 2.83 bits per heavy atom. The predicted octanol–water partition coefficient (Wildman–Crippen LogP) is -3.29. The Bertz CT molecular complexity index is 607. The lowest BCUT2D eigenvalue weighted by molar-refractivity contribution is -0.137. The second-order valence-corrected chi connectivity index (χ2v) is 5.54. The number of fused-ring (bicyclic) bond motifs is 1. The highest BCUT2D eigenvalue weighted by atomic mass is 16.6. The molecule has 11 nitrogen and oxygen atoms in total. The number of rotatable bonds is 4. The van der Waals surface area contributed by atoms with Crippen LogP contribution in [-0.4, -0.2) is 92.7 Å². The summed E-state index contributed by atoms with van der Waals surface area (Å²) in [5.41, 5.74) is 4.65. The lowest BCUT2D eigenvalue weighted by atomic mass is 9.99. The molecular weight excluding hydrogens is 310 g/mol.